The molecule has 3 N–H and O–H groups in total. The van der Waals surface area contributed by atoms with Gasteiger partial charge in [-0.1, -0.05) is 12.1 Å². The highest BCUT2D eigenvalue weighted by Gasteiger charge is 2.21. The average Bonchev–Trinajstić information content (AvgIpc) is 2.56. The summed E-state index contributed by atoms with van der Waals surface area (Å²) in [6.07, 6.45) is 3.01. The second-order valence-electron chi connectivity index (χ2n) is 3.89. The summed E-state index contributed by atoms with van der Waals surface area (Å²) in [5.74, 6) is -0.187. The molecule has 14 heavy (non-hydrogen) atoms. The first-order valence-electron chi connectivity index (χ1n) is 5.02. The Hall–Kier alpha value is -1.09. The van der Waals surface area contributed by atoms with Crippen molar-refractivity contribution >= 4 is 5.69 Å². The highest BCUT2D eigenvalue weighted by Crippen LogP contribution is 2.22. The lowest BCUT2D eigenvalue weighted by atomic mass is 10.2. The predicted octanol–water partition coefficient (Wildman–Crippen LogP) is 2.12. The maximum atomic E-state index is 13.2. The quantitative estimate of drug-likeness (QED) is 0.756. The number of hydrogen-bond acceptors (Lipinski definition) is 2. The van der Waals surface area contributed by atoms with E-state index in [4.69, 9.17) is 5.73 Å². The molecule has 3 heteroatoms. The fourth-order valence-corrected chi connectivity index (χ4v) is 1.95. The van der Waals surface area contributed by atoms with Crippen LogP contribution < -0.4 is 11.1 Å². The van der Waals surface area contributed by atoms with E-state index in [1.807, 2.05) is 6.07 Å². The summed E-state index contributed by atoms with van der Waals surface area (Å²) in [6.45, 7) is 0. The Morgan fingerprint density at radius 1 is 1.29 bits per heavy atom. The number of para-hydroxylation sites is 1. The van der Waals surface area contributed by atoms with E-state index in [0.29, 0.717) is 11.7 Å². The molecule has 76 valence electrons. The van der Waals surface area contributed by atoms with Crippen molar-refractivity contribution in [1.29, 1.82) is 0 Å². The van der Waals surface area contributed by atoms with Crippen LogP contribution in [-0.2, 0) is 0 Å². The summed E-state index contributed by atoms with van der Waals surface area (Å²) in [6, 6.07) is 7.37. The molecule has 2 nitrogen and oxygen atoms in total. The first kappa shape index (κ1) is 9.46. The van der Waals surface area contributed by atoms with Gasteiger partial charge in [0.05, 0.1) is 5.69 Å². The Labute approximate surface area is 83.3 Å². The third kappa shape index (κ3) is 2.04. The van der Waals surface area contributed by atoms with Crippen LogP contribution in [0.2, 0.25) is 0 Å². The summed E-state index contributed by atoms with van der Waals surface area (Å²) in [7, 11) is 0. The molecule has 0 saturated heterocycles. The van der Waals surface area contributed by atoms with E-state index in [1.165, 1.54) is 6.07 Å². The van der Waals surface area contributed by atoms with E-state index in [1.54, 1.807) is 12.1 Å². The van der Waals surface area contributed by atoms with Gasteiger partial charge in [0.25, 0.3) is 0 Å². The summed E-state index contributed by atoms with van der Waals surface area (Å²) in [5, 5.41) is 3.18. The number of hydrogen-bond donors (Lipinski definition) is 2. The number of halogens is 1. The standard InChI is InChI=1S/C11H15FN2/c12-10-3-1-2-4-11(10)14-9-6-5-8(13)7-9/h1-4,8-9,14H,5-7,13H2. The second-order valence-corrected chi connectivity index (χ2v) is 3.89. The van der Waals surface area contributed by atoms with Crippen LogP contribution >= 0.6 is 0 Å². The zero-order chi connectivity index (χ0) is 9.97. The first-order valence-corrected chi connectivity index (χ1v) is 5.02. The summed E-state index contributed by atoms with van der Waals surface area (Å²) in [4.78, 5) is 0. The molecular weight excluding hydrogens is 179 g/mol. The van der Waals surface area contributed by atoms with Crippen LogP contribution in [-0.4, -0.2) is 12.1 Å². The number of benzene rings is 1. The molecule has 0 aliphatic heterocycles. The van der Waals surface area contributed by atoms with Crippen molar-refractivity contribution in [1.82, 2.24) is 0 Å². The van der Waals surface area contributed by atoms with E-state index in [9.17, 15) is 4.39 Å². The summed E-state index contributed by atoms with van der Waals surface area (Å²) in [5.41, 5.74) is 6.37. The van der Waals surface area contributed by atoms with E-state index >= 15 is 0 Å². The molecule has 1 aromatic carbocycles. The molecule has 0 bridgehead atoms. The maximum Gasteiger partial charge on any atom is 0.146 e. The molecule has 1 fully saturated rings. The second kappa shape index (κ2) is 3.96. The normalized spacial score (nSPS) is 26.4. The molecule has 0 amide bonds. The largest absolute Gasteiger partial charge is 0.380 e. The van der Waals surface area contributed by atoms with Crippen LogP contribution in [0.3, 0.4) is 0 Å². The van der Waals surface area contributed by atoms with Crippen molar-refractivity contribution in [3.63, 3.8) is 0 Å². The lowest BCUT2D eigenvalue weighted by molar-refractivity contribution is 0.622. The van der Waals surface area contributed by atoms with Gasteiger partial charge < -0.3 is 11.1 Å². The zero-order valence-corrected chi connectivity index (χ0v) is 8.04. The van der Waals surface area contributed by atoms with Gasteiger partial charge in [-0.05, 0) is 31.4 Å². The van der Waals surface area contributed by atoms with Crippen LogP contribution in [0.15, 0.2) is 24.3 Å². The minimum absolute atomic E-state index is 0.187. The molecule has 2 unspecified atom stereocenters. The maximum absolute atomic E-state index is 13.2. The van der Waals surface area contributed by atoms with Gasteiger partial charge in [-0.15, -0.1) is 0 Å². The van der Waals surface area contributed by atoms with Gasteiger partial charge in [0.1, 0.15) is 5.82 Å². The SMILES string of the molecule is NC1CCC(Nc2ccccc2F)C1. The Kier molecular flexibility index (Phi) is 2.68. The molecule has 0 aromatic heterocycles. The molecule has 1 aliphatic carbocycles. The van der Waals surface area contributed by atoms with Crippen LogP contribution in [0.5, 0.6) is 0 Å². The van der Waals surface area contributed by atoms with Gasteiger partial charge in [-0.3, -0.25) is 0 Å². The van der Waals surface area contributed by atoms with Gasteiger partial charge in [0.15, 0.2) is 0 Å². The zero-order valence-electron chi connectivity index (χ0n) is 8.04. The van der Waals surface area contributed by atoms with E-state index in [0.717, 1.165) is 19.3 Å². The minimum atomic E-state index is -0.187. The monoisotopic (exact) mass is 194 g/mol. The Balaban J connectivity index is 2.01. The van der Waals surface area contributed by atoms with E-state index < -0.39 is 0 Å². The van der Waals surface area contributed by atoms with Crippen molar-refractivity contribution in [2.24, 2.45) is 5.73 Å². The van der Waals surface area contributed by atoms with Crippen molar-refractivity contribution in [2.75, 3.05) is 5.32 Å². The van der Waals surface area contributed by atoms with Crippen molar-refractivity contribution < 1.29 is 4.39 Å². The Morgan fingerprint density at radius 2 is 2.07 bits per heavy atom. The van der Waals surface area contributed by atoms with Crippen molar-refractivity contribution in [3.05, 3.63) is 30.1 Å². The predicted molar refractivity (Wildman–Crippen MR) is 55.6 cm³/mol. The molecule has 2 rings (SSSR count). The third-order valence-electron chi connectivity index (χ3n) is 2.71. The first-order chi connectivity index (χ1) is 6.75. The third-order valence-corrected chi connectivity index (χ3v) is 2.71. The van der Waals surface area contributed by atoms with Crippen molar-refractivity contribution in [3.8, 4) is 0 Å². The fourth-order valence-electron chi connectivity index (χ4n) is 1.95. The van der Waals surface area contributed by atoms with Gasteiger partial charge in [0.2, 0.25) is 0 Å². The molecular formula is C11H15FN2. The number of nitrogens with one attached hydrogen (secondary N) is 1. The minimum Gasteiger partial charge on any atom is -0.380 e. The highest BCUT2D eigenvalue weighted by molar-refractivity contribution is 5.45. The molecule has 0 heterocycles. The number of anilines is 1. The Bertz CT molecular complexity index is 314. The topological polar surface area (TPSA) is 38.0 Å². The summed E-state index contributed by atoms with van der Waals surface area (Å²) < 4.78 is 13.2. The molecule has 1 aliphatic rings. The number of rotatable bonds is 2. The van der Waals surface area contributed by atoms with Crippen LogP contribution in [0.25, 0.3) is 0 Å². The van der Waals surface area contributed by atoms with Crippen LogP contribution in [0.1, 0.15) is 19.3 Å². The number of nitrogens with two attached hydrogens (primary N) is 1. The van der Waals surface area contributed by atoms with Gasteiger partial charge in [-0.25, -0.2) is 4.39 Å². The molecule has 0 radical (unpaired) electrons. The lowest BCUT2D eigenvalue weighted by Crippen LogP contribution is -2.21. The van der Waals surface area contributed by atoms with Gasteiger partial charge >= 0.3 is 0 Å². The van der Waals surface area contributed by atoms with Crippen LogP contribution in [0.4, 0.5) is 10.1 Å². The lowest BCUT2D eigenvalue weighted by Gasteiger charge is -2.14. The Morgan fingerprint density at radius 3 is 2.71 bits per heavy atom. The summed E-state index contributed by atoms with van der Waals surface area (Å²) >= 11 is 0. The highest BCUT2D eigenvalue weighted by atomic mass is 19.1. The molecule has 2 atom stereocenters. The molecule has 1 aromatic rings. The molecule has 0 spiro atoms. The average molecular weight is 194 g/mol. The van der Waals surface area contributed by atoms with Gasteiger partial charge in [-0.2, -0.15) is 0 Å². The molecule has 1 saturated carbocycles. The van der Waals surface area contributed by atoms with Crippen molar-refractivity contribution in [2.45, 2.75) is 31.3 Å². The van der Waals surface area contributed by atoms with Crippen LogP contribution in [0, 0.1) is 5.82 Å². The smallest absolute Gasteiger partial charge is 0.146 e. The van der Waals surface area contributed by atoms with E-state index in [2.05, 4.69) is 5.32 Å². The van der Waals surface area contributed by atoms with Gasteiger partial charge in [0, 0.05) is 12.1 Å². The van der Waals surface area contributed by atoms with E-state index in [-0.39, 0.29) is 11.9 Å². The fraction of sp³-hybridized carbons (Fsp3) is 0.455.